The molecule has 10 nitrogen and oxygen atoms in total. The number of nitrogens with one attached hydrogen (secondary N) is 1. The van der Waals surface area contributed by atoms with E-state index in [9.17, 15) is 23.8 Å². The number of carbonyl (C=O) groups excluding carboxylic acids is 2. The Hall–Kier alpha value is -4.08. The monoisotopic (exact) mass is 563 g/mol. The summed E-state index contributed by atoms with van der Waals surface area (Å²) < 4.78 is 31.2. The van der Waals surface area contributed by atoms with Gasteiger partial charge in [0.1, 0.15) is 41.2 Å². The van der Waals surface area contributed by atoms with E-state index in [1.807, 2.05) is 18.2 Å². The fourth-order valence-electron chi connectivity index (χ4n) is 4.34. The summed E-state index contributed by atoms with van der Waals surface area (Å²) in [4.78, 5) is 31.8. The molecule has 11 heteroatoms. The largest absolute Gasteiger partial charge is 0.489 e. The Balaban J connectivity index is 1.27. The van der Waals surface area contributed by atoms with Crippen LogP contribution in [-0.4, -0.2) is 67.8 Å². The van der Waals surface area contributed by atoms with Gasteiger partial charge in [-0.2, -0.15) is 10.6 Å². The van der Waals surface area contributed by atoms with Crippen molar-refractivity contribution in [3.8, 4) is 29.1 Å². The van der Waals surface area contributed by atoms with Crippen molar-refractivity contribution in [1.82, 2.24) is 10.3 Å². The van der Waals surface area contributed by atoms with Gasteiger partial charge < -0.3 is 24.8 Å². The number of aromatic nitrogens is 1. The molecule has 1 saturated heterocycles. The normalized spacial score (nSPS) is 20.1. The fraction of sp³-hybridized carbons (Fsp3) is 0.276. The van der Waals surface area contributed by atoms with Gasteiger partial charge >= 0.3 is 0 Å². The van der Waals surface area contributed by atoms with Gasteiger partial charge in [-0.3, -0.25) is 23.7 Å². The molecule has 1 unspecified atom stereocenters. The van der Waals surface area contributed by atoms with Crippen LogP contribution < -0.4 is 19.7 Å². The first-order valence-corrected chi connectivity index (χ1v) is 14.5. The molecule has 1 aromatic heterocycles. The van der Waals surface area contributed by atoms with Crippen molar-refractivity contribution in [2.24, 2.45) is 0 Å². The maximum absolute atomic E-state index is 13.3. The molecule has 1 atom stereocenters. The predicted molar refractivity (Wildman–Crippen MR) is 151 cm³/mol. The standard InChI is InChI=1S/C29H29N3O7S/c1-32-25-17-20(9-11-29(35)12-15-40(36,37)16-13-29)7-8-26(25)38-19-24(28(32)34)31-27(33)23-18-22(10-14-30-23)39-21-5-3-2-4-6-21/h2-8,10,14,17-18,24,35-37H,12-13,15-16,19H2,1H3,(H,31,33). The average molecular weight is 564 g/mol. The number of amides is 2. The molecule has 208 valence electrons. The summed E-state index contributed by atoms with van der Waals surface area (Å²) in [6.07, 6.45) is 1.80. The molecule has 5 rings (SSSR count). The van der Waals surface area contributed by atoms with Crippen LogP contribution in [0.3, 0.4) is 0 Å². The molecule has 2 aromatic carbocycles. The molecule has 1 fully saturated rings. The van der Waals surface area contributed by atoms with Crippen molar-refractivity contribution in [2.45, 2.75) is 24.5 Å². The highest BCUT2D eigenvalue weighted by Gasteiger charge is 2.34. The minimum atomic E-state index is -2.64. The Bertz CT molecular complexity index is 1480. The van der Waals surface area contributed by atoms with Crippen LogP contribution in [0.1, 0.15) is 28.9 Å². The Kier molecular flexibility index (Phi) is 7.69. The molecular formula is C29H29N3O7S. The van der Waals surface area contributed by atoms with Gasteiger partial charge in [-0.15, -0.1) is 0 Å². The number of ether oxygens (including phenoxy) is 2. The number of likely N-dealkylation sites (N-methyl/N-ethyl adjacent to an activating group) is 1. The van der Waals surface area contributed by atoms with Crippen molar-refractivity contribution >= 4 is 28.1 Å². The predicted octanol–water partition coefficient (Wildman–Crippen LogP) is 3.65. The molecule has 4 N–H and O–H groups in total. The van der Waals surface area contributed by atoms with Crippen LogP contribution in [-0.2, 0) is 4.79 Å². The maximum atomic E-state index is 13.3. The molecule has 0 bridgehead atoms. The second kappa shape index (κ2) is 11.2. The fourth-order valence-corrected chi connectivity index (χ4v) is 5.87. The lowest BCUT2D eigenvalue weighted by atomic mass is 9.97. The Morgan fingerprint density at radius 1 is 1.12 bits per heavy atom. The summed E-state index contributed by atoms with van der Waals surface area (Å²) in [7, 11) is -1.06. The van der Waals surface area contributed by atoms with Crippen molar-refractivity contribution in [3.63, 3.8) is 0 Å². The second-order valence-electron chi connectivity index (χ2n) is 9.70. The molecule has 0 radical (unpaired) electrons. The van der Waals surface area contributed by atoms with Crippen LogP contribution in [0.25, 0.3) is 0 Å². The average Bonchev–Trinajstić information content (AvgIpc) is 3.06. The highest BCUT2D eigenvalue weighted by atomic mass is 32.3. The van der Waals surface area contributed by atoms with Crippen LogP contribution in [0.4, 0.5) is 5.69 Å². The number of hydrogen-bond acceptors (Lipinski definition) is 8. The zero-order chi connectivity index (χ0) is 28.3. The van der Waals surface area contributed by atoms with E-state index in [0.29, 0.717) is 28.5 Å². The third kappa shape index (κ3) is 6.38. The number of nitrogens with zero attached hydrogens (tertiary/aromatic N) is 2. The van der Waals surface area contributed by atoms with Gasteiger partial charge in [0, 0.05) is 49.2 Å². The van der Waals surface area contributed by atoms with Crippen LogP contribution in [0.5, 0.6) is 17.2 Å². The second-order valence-corrected chi connectivity index (χ2v) is 12.1. The summed E-state index contributed by atoms with van der Waals surface area (Å²) in [5.41, 5.74) is -0.200. The van der Waals surface area contributed by atoms with Gasteiger partial charge in [0.2, 0.25) is 0 Å². The van der Waals surface area contributed by atoms with Crippen LogP contribution in [0.15, 0.2) is 66.9 Å². The minimum Gasteiger partial charge on any atom is -0.489 e. The van der Waals surface area contributed by atoms with Gasteiger partial charge in [0.25, 0.3) is 11.8 Å². The van der Waals surface area contributed by atoms with Crippen molar-refractivity contribution < 1.29 is 33.3 Å². The Morgan fingerprint density at radius 2 is 1.88 bits per heavy atom. The highest BCUT2D eigenvalue weighted by Crippen LogP contribution is 2.46. The number of anilines is 1. The SMILES string of the molecule is CN1C(=O)C(NC(=O)c2cc(Oc3ccccc3)ccn2)COc2ccc(C#CC3(O)CCS(O)(O)CC3)cc21. The summed E-state index contributed by atoms with van der Waals surface area (Å²) in [6.45, 7) is -0.0840. The van der Waals surface area contributed by atoms with E-state index >= 15 is 0 Å². The van der Waals surface area contributed by atoms with Crippen LogP contribution in [0.2, 0.25) is 0 Å². The summed E-state index contributed by atoms with van der Waals surface area (Å²) in [6, 6.07) is 16.4. The molecule has 2 aliphatic rings. The van der Waals surface area contributed by atoms with Gasteiger partial charge in [0.05, 0.1) is 5.69 Å². The van der Waals surface area contributed by atoms with E-state index in [-0.39, 0.29) is 42.6 Å². The molecule has 3 aromatic rings. The lowest BCUT2D eigenvalue weighted by Crippen LogP contribution is -2.49. The smallest absolute Gasteiger partial charge is 0.270 e. The first kappa shape index (κ1) is 27.5. The number of hydrogen-bond donors (Lipinski definition) is 4. The number of benzene rings is 2. The number of pyridine rings is 1. The number of rotatable bonds is 4. The van der Waals surface area contributed by atoms with Crippen molar-refractivity contribution in [3.05, 3.63) is 78.1 Å². The molecule has 0 aliphatic carbocycles. The van der Waals surface area contributed by atoms with E-state index in [4.69, 9.17) is 9.47 Å². The zero-order valence-electron chi connectivity index (χ0n) is 21.7. The van der Waals surface area contributed by atoms with E-state index in [2.05, 4.69) is 22.1 Å². The van der Waals surface area contributed by atoms with Crippen molar-refractivity contribution in [1.29, 1.82) is 0 Å². The molecular weight excluding hydrogens is 534 g/mol. The number of carbonyl (C=O) groups is 2. The molecule has 2 aliphatic heterocycles. The zero-order valence-corrected chi connectivity index (χ0v) is 22.6. The topological polar surface area (TPSA) is 141 Å². The Labute approximate surface area is 233 Å². The Morgan fingerprint density at radius 3 is 2.62 bits per heavy atom. The number of para-hydroxylation sites is 1. The maximum Gasteiger partial charge on any atom is 0.270 e. The van der Waals surface area contributed by atoms with Crippen LogP contribution in [0, 0.1) is 11.8 Å². The molecule has 0 saturated carbocycles. The lowest BCUT2D eigenvalue weighted by Gasteiger charge is -2.41. The van der Waals surface area contributed by atoms with E-state index in [0.717, 1.165) is 0 Å². The minimum absolute atomic E-state index is 0.0840. The quantitative estimate of drug-likeness (QED) is 0.353. The molecule has 0 spiro atoms. The van der Waals surface area contributed by atoms with Gasteiger partial charge in [-0.05, 0) is 36.4 Å². The third-order valence-corrected chi connectivity index (χ3v) is 8.44. The molecule has 3 heterocycles. The third-order valence-electron chi connectivity index (χ3n) is 6.73. The molecule has 2 amide bonds. The molecule has 40 heavy (non-hydrogen) atoms. The lowest BCUT2D eigenvalue weighted by molar-refractivity contribution is -0.120. The number of aliphatic hydroxyl groups is 1. The first-order chi connectivity index (χ1) is 19.1. The summed E-state index contributed by atoms with van der Waals surface area (Å²) in [5.74, 6) is 6.56. The highest BCUT2D eigenvalue weighted by molar-refractivity contribution is 8.24. The van der Waals surface area contributed by atoms with Crippen molar-refractivity contribution in [2.75, 3.05) is 30.1 Å². The van der Waals surface area contributed by atoms with Gasteiger partial charge in [0.15, 0.2) is 0 Å². The number of fused-ring (bicyclic) bond motifs is 1. The summed E-state index contributed by atoms with van der Waals surface area (Å²) in [5, 5.41) is 13.4. The van der Waals surface area contributed by atoms with Crippen LogP contribution >= 0.6 is 10.6 Å². The first-order valence-electron chi connectivity index (χ1n) is 12.6. The summed E-state index contributed by atoms with van der Waals surface area (Å²) >= 11 is 0. The van der Waals surface area contributed by atoms with E-state index < -0.39 is 28.1 Å². The van der Waals surface area contributed by atoms with E-state index in [1.165, 1.54) is 17.2 Å². The van der Waals surface area contributed by atoms with Gasteiger partial charge in [-0.1, -0.05) is 30.0 Å². The van der Waals surface area contributed by atoms with Gasteiger partial charge in [-0.25, -0.2) is 0 Å². The van der Waals surface area contributed by atoms with E-state index in [1.54, 1.807) is 43.4 Å².